The molecular weight excluding hydrogens is 699 g/mol. The van der Waals surface area contributed by atoms with Crippen molar-refractivity contribution < 1.29 is 4.42 Å². The number of nitrogens with one attached hydrogen (secondary N) is 1. The molecule has 11 aromatic rings. The molecular formula is C51H33N5O. The summed E-state index contributed by atoms with van der Waals surface area (Å²) in [6.45, 7) is 0. The number of nitrogens with zero attached hydrogens (tertiary/aromatic N) is 4. The normalized spacial score (nSPS) is 14.5. The first-order valence-electron chi connectivity index (χ1n) is 19.3. The second kappa shape index (κ2) is 12.4. The fourth-order valence-electron chi connectivity index (χ4n) is 8.84. The van der Waals surface area contributed by atoms with Gasteiger partial charge in [0.05, 0.1) is 32.8 Å². The zero-order valence-corrected chi connectivity index (χ0v) is 30.7. The lowest BCUT2D eigenvalue weighted by molar-refractivity contribution is 0.674. The van der Waals surface area contributed by atoms with E-state index in [0.29, 0.717) is 5.84 Å². The number of furan rings is 1. The second-order valence-electron chi connectivity index (χ2n) is 14.6. The van der Waals surface area contributed by atoms with Gasteiger partial charge >= 0.3 is 0 Å². The average Bonchev–Trinajstić information content (AvgIpc) is 3.95. The summed E-state index contributed by atoms with van der Waals surface area (Å²) in [6.07, 6.45) is -0.277. The van der Waals surface area contributed by atoms with E-state index in [4.69, 9.17) is 14.4 Å². The van der Waals surface area contributed by atoms with E-state index in [9.17, 15) is 0 Å². The molecule has 3 aromatic heterocycles. The van der Waals surface area contributed by atoms with Crippen molar-refractivity contribution in [2.24, 2.45) is 9.98 Å². The largest absolute Gasteiger partial charge is 0.455 e. The van der Waals surface area contributed by atoms with Gasteiger partial charge in [0.1, 0.15) is 23.2 Å². The fourth-order valence-corrected chi connectivity index (χ4v) is 8.84. The Morgan fingerprint density at radius 2 is 0.965 bits per heavy atom. The number of amidine groups is 2. The van der Waals surface area contributed by atoms with Gasteiger partial charge in [-0.1, -0.05) is 127 Å². The molecule has 268 valence electrons. The van der Waals surface area contributed by atoms with E-state index in [0.717, 1.165) is 94.1 Å². The summed E-state index contributed by atoms with van der Waals surface area (Å²) in [5, 5.41) is 10.4. The van der Waals surface area contributed by atoms with Crippen LogP contribution in [0.5, 0.6) is 0 Å². The van der Waals surface area contributed by atoms with Crippen LogP contribution in [0.3, 0.4) is 0 Å². The smallest absolute Gasteiger partial charge is 0.159 e. The average molecular weight is 732 g/mol. The topological polar surface area (TPSA) is 59.8 Å². The van der Waals surface area contributed by atoms with E-state index in [1.165, 1.54) is 5.39 Å². The number of benzene rings is 8. The first kappa shape index (κ1) is 31.6. The predicted molar refractivity (Wildman–Crippen MR) is 234 cm³/mol. The van der Waals surface area contributed by atoms with Crippen LogP contribution in [-0.4, -0.2) is 20.8 Å². The molecule has 57 heavy (non-hydrogen) atoms. The summed E-state index contributed by atoms with van der Waals surface area (Å²) in [7, 11) is 0. The Bertz CT molecular complexity index is 3430. The highest BCUT2D eigenvalue weighted by Gasteiger charge is 2.24. The number of aromatic nitrogens is 2. The minimum absolute atomic E-state index is 0.277. The first-order valence-corrected chi connectivity index (χ1v) is 19.3. The molecule has 0 bridgehead atoms. The van der Waals surface area contributed by atoms with Crippen molar-refractivity contribution in [2.75, 3.05) is 0 Å². The third-order valence-corrected chi connectivity index (χ3v) is 11.4. The first-order chi connectivity index (χ1) is 28.3. The summed E-state index contributed by atoms with van der Waals surface area (Å²) in [6, 6.07) is 65.9. The number of rotatable bonds is 5. The summed E-state index contributed by atoms with van der Waals surface area (Å²) in [4.78, 5) is 10.2. The number of fused-ring (bicyclic) bond motifs is 11. The minimum Gasteiger partial charge on any atom is -0.455 e. The third kappa shape index (κ3) is 4.84. The van der Waals surface area contributed by atoms with Crippen LogP contribution in [0.15, 0.2) is 202 Å². The van der Waals surface area contributed by atoms with Crippen molar-refractivity contribution in [3.8, 4) is 11.4 Å². The van der Waals surface area contributed by atoms with Crippen LogP contribution in [0, 0.1) is 0 Å². The van der Waals surface area contributed by atoms with E-state index in [-0.39, 0.29) is 6.17 Å². The number of para-hydroxylation sites is 3. The lowest BCUT2D eigenvalue weighted by Gasteiger charge is -2.24. The summed E-state index contributed by atoms with van der Waals surface area (Å²) < 4.78 is 11.8. The Labute approximate surface area is 327 Å². The molecule has 8 aromatic carbocycles. The van der Waals surface area contributed by atoms with Crippen LogP contribution in [0.2, 0.25) is 0 Å². The molecule has 0 amide bonds. The molecule has 0 aliphatic carbocycles. The third-order valence-electron chi connectivity index (χ3n) is 11.4. The molecule has 0 saturated carbocycles. The lowest BCUT2D eigenvalue weighted by Crippen LogP contribution is -2.33. The number of aliphatic imine (C=N–C) groups is 2. The minimum atomic E-state index is -0.277. The molecule has 1 unspecified atom stereocenters. The van der Waals surface area contributed by atoms with Crippen molar-refractivity contribution in [1.29, 1.82) is 0 Å². The van der Waals surface area contributed by atoms with Gasteiger partial charge in [-0.05, 0) is 66.2 Å². The molecule has 0 fully saturated rings. The van der Waals surface area contributed by atoms with Gasteiger partial charge in [0, 0.05) is 44.0 Å². The molecule has 0 saturated heterocycles. The van der Waals surface area contributed by atoms with Crippen molar-refractivity contribution >= 4 is 77.2 Å². The van der Waals surface area contributed by atoms with E-state index in [2.05, 4.69) is 166 Å². The van der Waals surface area contributed by atoms with Crippen molar-refractivity contribution in [1.82, 2.24) is 14.5 Å². The van der Waals surface area contributed by atoms with Crippen LogP contribution >= 0.6 is 0 Å². The highest BCUT2D eigenvalue weighted by molar-refractivity contribution is 6.29. The second-order valence-corrected chi connectivity index (χ2v) is 14.6. The standard InChI is InChI=1S/C51H33N5O/c1-4-15-32(16-5-1)49-52-50(33-17-6-2-7-18-33)54-51(53-49)34-19-14-22-36(31-34)56-42-26-13-11-24-40(42)46-44(56)30-28-38-37-27-29-43-45(47(37)57-48(38)46)39-23-10-12-25-41(39)55(43)35-20-8-3-9-21-35/h1-31,49H,(H,52,53,54). The zero-order valence-electron chi connectivity index (χ0n) is 30.7. The molecule has 0 spiro atoms. The molecule has 1 aliphatic rings. The maximum atomic E-state index is 7.15. The molecule has 12 rings (SSSR count). The maximum absolute atomic E-state index is 7.15. The molecule has 4 heterocycles. The van der Waals surface area contributed by atoms with E-state index in [1.54, 1.807) is 0 Å². The van der Waals surface area contributed by atoms with Gasteiger partial charge < -0.3 is 18.9 Å². The van der Waals surface area contributed by atoms with Gasteiger partial charge in [0.2, 0.25) is 0 Å². The van der Waals surface area contributed by atoms with Gasteiger partial charge in [-0.15, -0.1) is 0 Å². The number of hydrogen-bond donors (Lipinski definition) is 1. The van der Waals surface area contributed by atoms with E-state index in [1.807, 2.05) is 36.4 Å². The number of hydrogen-bond acceptors (Lipinski definition) is 4. The van der Waals surface area contributed by atoms with Gasteiger partial charge in [-0.3, -0.25) is 0 Å². The van der Waals surface area contributed by atoms with Crippen molar-refractivity contribution in [3.63, 3.8) is 0 Å². The SMILES string of the molecule is c1ccc(C2=NC(c3ccccc3)NC(c3cccc(-n4c5ccccc5c5c6oc7c(ccc8c7c7ccccc7n8-c7ccccc7)c6ccc54)c3)=N2)cc1. The Morgan fingerprint density at radius 1 is 0.439 bits per heavy atom. The van der Waals surface area contributed by atoms with Gasteiger partial charge in [0.15, 0.2) is 5.84 Å². The Kier molecular flexibility index (Phi) is 6.89. The quantitative estimate of drug-likeness (QED) is 0.192. The summed E-state index contributed by atoms with van der Waals surface area (Å²) in [5.74, 6) is 1.48. The highest BCUT2D eigenvalue weighted by Crippen LogP contribution is 2.44. The van der Waals surface area contributed by atoms with Crippen LogP contribution in [-0.2, 0) is 0 Å². The van der Waals surface area contributed by atoms with E-state index >= 15 is 0 Å². The lowest BCUT2D eigenvalue weighted by atomic mass is 10.1. The van der Waals surface area contributed by atoms with Crippen LogP contribution in [0.25, 0.3) is 76.9 Å². The van der Waals surface area contributed by atoms with Gasteiger partial charge in [-0.25, -0.2) is 9.98 Å². The Morgan fingerprint density at radius 3 is 1.61 bits per heavy atom. The van der Waals surface area contributed by atoms with Crippen molar-refractivity contribution in [2.45, 2.75) is 6.17 Å². The van der Waals surface area contributed by atoms with Crippen LogP contribution in [0.4, 0.5) is 0 Å². The molecule has 1 N–H and O–H groups in total. The maximum Gasteiger partial charge on any atom is 0.159 e. The molecule has 6 heteroatoms. The van der Waals surface area contributed by atoms with Crippen LogP contribution < -0.4 is 5.32 Å². The Balaban J connectivity index is 1.06. The predicted octanol–water partition coefficient (Wildman–Crippen LogP) is 12.3. The van der Waals surface area contributed by atoms with E-state index < -0.39 is 0 Å². The molecule has 1 aliphatic heterocycles. The molecule has 6 nitrogen and oxygen atoms in total. The summed E-state index contributed by atoms with van der Waals surface area (Å²) >= 11 is 0. The molecule has 1 atom stereocenters. The fraction of sp³-hybridized carbons (Fsp3) is 0.0196. The van der Waals surface area contributed by atoms with Gasteiger partial charge in [0.25, 0.3) is 0 Å². The Hall–Kier alpha value is -7.70. The highest BCUT2D eigenvalue weighted by atomic mass is 16.3. The van der Waals surface area contributed by atoms with Crippen molar-refractivity contribution in [3.05, 3.63) is 205 Å². The monoisotopic (exact) mass is 731 g/mol. The van der Waals surface area contributed by atoms with Crippen LogP contribution in [0.1, 0.15) is 22.9 Å². The molecule has 0 radical (unpaired) electrons. The summed E-state index contributed by atoms with van der Waals surface area (Å²) in [5.41, 5.74) is 11.5. The zero-order chi connectivity index (χ0) is 37.5. The van der Waals surface area contributed by atoms with Gasteiger partial charge in [-0.2, -0.15) is 0 Å².